The third-order valence-corrected chi connectivity index (χ3v) is 5.46. The van der Waals surface area contributed by atoms with Gasteiger partial charge in [-0.2, -0.15) is 0 Å². The molecule has 0 fully saturated rings. The van der Waals surface area contributed by atoms with Crippen molar-refractivity contribution >= 4 is 46.4 Å². The van der Waals surface area contributed by atoms with E-state index in [1.807, 2.05) is 0 Å². The predicted octanol–water partition coefficient (Wildman–Crippen LogP) is 4.21. The molecule has 0 bridgehead atoms. The Balaban J connectivity index is 1.51. The fourth-order valence-electron chi connectivity index (χ4n) is 3.53. The van der Waals surface area contributed by atoms with Crippen LogP contribution in [0.25, 0.3) is 0 Å². The SMILES string of the molecule is CC(OC(=O)c1ccc(Cl)cc1[N+](=O)[O-])C(=O)Nc1ccc2c(c1)C(=O)c1ccccc1C2=O. The van der Waals surface area contributed by atoms with Crippen molar-refractivity contribution in [2.45, 2.75) is 13.0 Å². The van der Waals surface area contributed by atoms with Crippen molar-refractivity contribution in [1.29, 1.82) is 0 Å². The molecule has 1 aliphatic carbocycles. The highest BCUT2D eigenvalue weighted by Gasteiger charge is 2.30. The monoisotopic (exact) mass is 478 g/mol. The summed E-state index contributed by atoms with van der Waals surface area (Å²) in [5.74, 6) is -2.46. The van der Waals surface area contributed by atoms with E-state index in [0.29, 0.717) is 5.56 Å². The maximum absolute atomic E-state index is 12.8. The second-order valence-electron chi connectivity index (χ2n) is 7.42. The average Bonchev–Trinajstić information content (AvgIpc) is 2.82. The third-order valence-electron chi connectivity index (χ3n) is 5.22. The molecule has 0 spiro atoms. The van der Waals surface area contributed by atoms with E-state index in [9.17, 15) is 29.3 Å². The predicted molar refractivity (Wildman–Crippen MR) is 121 cm³/mol. The van der Waals surface area contributed by atoms with Crippen LogP contribution in [0.4, 0.5) is 11.4 Å². The molecule has 0 saturated carbocycles. The molecule has 1 atom stereocenters. The molecule has 3 aromatic carbocycles. The number of halogens is 1. The van der Waals surface area contributed by atoms with Crippen molar-refractivity contribution in [2.75, 3.05) is 5.32 Å². The lowest BCUT2D eigenvalue weighted by atomic mass is 9.84. The quantitative estimate of drug-likeness (QED) is 0.258. The normalized spacial score (nSPS) is 12.9. The van der Waals surface area contributed by atoms with Gasteiger partial charge >= 0.3 is 5.97 Å². The Kier molecular flexibility index (Phi) is 5.95. The van der Waals surface area contributed by atoms with Gasteiger partial charge in [0.1, 0.15) is 5.56 Å². The summed E-state index contributed by atoms with van der Waals surface area (Å²) < 4.78 is 5.08. The Morgan fingerprint density at radius 1 is 0.941 bits per heavy atom. The first-order chi connectivity index (χ1) is 16.2. The molecule has 3 aromatic rings. The fourth-order valence-corrected chi connectivity index (χ4v) is 3.69. The van der Waals surface area contributed by atoms with Gasteiger partial charge in [0.25, 0.3) is 11.6 Å². The number of nitro groups is 1. The minimum atomic E-state index is -1.32. The van der Waals surface area contributed by atoms with Crippen LogP contribution in [0.2, 0.25) is 5.02 Å². The zero-order valence-corrected chi connectivity index (χ0v) is 18.3. The highest BCUT2D eigenvalue weighted by molar-refractivity contribution is 6.31. The van der Waals surface area contributed by atoms with Gasteiger partial charge in [-0.05, 0) is 37.3 Å². The van der Waals surface area contributed by atoms with Crippen LogP contribution in [0, 0.1) is 10.1 Å². The summed E-state index contributed by atoms with van der Waals surface area (Å²) in [5.41, 5.74) is 0.252. The molecule has 10 heteroatoms. The molecule has 9 nitrogen and oxygen atoms in total. The van der Waals surface area contributed by atoms with E-state index < -0.39 is 28.6 Å². The number of rotatable bonds is 5. The number of fused-ring (bicyclic) bond motifs is 2. The number of hydrogen-bond donors (Lipinski definition) is 1. The molecular weight excluding hydrogens is 464 g/mol. The van der Waals surface area contributed by atoms with Crippen LogP contribution < -0.4 is 5.32 Å². The molecule has 1 N–H and O–H groups in total. The number of benzene rings is 3. The maximum atomic E-state index is 12.8. The number of carbonyl (C=O) groups is 4. The molecule has 170 valence electrons. The van der Waals surface area contributed by atoms with Gasteiger partial charge in [0.15, 0.2) is 17.7 Å². The molecule has 4 rings (SSSR count). The summed E-state index contributed by atoms with van der Waals surface area (Å²) in [7, 11) is 0. The van der Waals surface area contributed by atoms with Crippen molar-refractivity contribution < 1.29 is 28.8 Å². The van der Waals surface area contributed by atoms with E-state index in [1.165, 1.54) is 31.2 Å². The second kappa shape index (κ2) is 8.87. The number of nitrogens with zero attached hydrogens (tertiary/aromatic N) is 1. The highest BCUT2D eigenvalue weighted by atomic mass is 35.5. The minimum absolute atomic E-state index is 0.0668. The summed E-state index contributed by atoms with van der Waals surface area (Å²) in [6.45, 7) is 1.29. The van der Waals surface area contributed by atoms with Gasteiger partial charge < -0.3 is 10.1 Å². The number of anilines is 1. The molecule has 0 aliphatic heterocycles. The lowest BCUT2D eigenvalue weighted by molar-refractivity contribution is -0.385. The van der Waals surface area contributed by atoms with Crippen LogP contribution in [0.3, 0.4) is 0 Å². The lowest BCUT2D eigenvalue weighted by Gasteiger charge is -2.19. The summed E-state index contributed by atoms with van der Waals surface area (Å²) in [4.78, 5) is 60.9. The van der Waals surface area contributed by atoms with Crippen LogP contribution in [-0.2, 0) is 9.53 Å². The Morgan fingerprint density at radius 3 is 2.21 bits per heavy atom. The van der Waals surface area contributed by atoms with E-state index in [1.54, 1.807) is 24.3 Å². The molecule has 0 heterocycles. The highest BCUT2D eigenvalue weighted by Crippen LogP contribution is 2.29. The van der Waals surface area contributed by atoms with Crippen LogP contribution in [0.1, 0.15) is 49.1 Å². The standard InChI is InChI=1S/C24H15ClN2O7/c1-12(34-24(31)18-8-6-13(25)10-20(18)27(32)33)23(30)26-14-7-9-17-19(11-14)22(29)16-5-3-2-4-15(16)21(17)28/h2-12H,1H3,(H,26,30). The first kappa shape index (κ1) is 22.8. The summed E-state index contributed by atoms with van der Waals surface area (Å²) >= 11 is 5.74. The summed E-state index contributed by atoms with van der Waals surface area (Å²) in [5, 5.41) is 13.8. The van der Waals surface area contributed by atoms with Crippen LogP contribution in [-0.4, -0.2) is 34.5 Å². The molecule has 0 aromatic heterocycles. The summed E-state index contributed by atoms with van der Waals surface area (Å²) in [6, 6.07) is 14.2. The number of carbonyl (C=O) groups excluding carboxylic acids is 4. The zero-order valence-electron chi connectivity index (χ0n) is 17.5. The zero-order chi connectivity index (χ0) is 24.6. The van der Waals surface area contributed by atoms with E-state index in [0.717, 1.165) is 12.1 Å². The number of ether oxygens (including phenoxy) is 1. The number of nitro benzene ring substituents is 1. The lowest BCUT2D eigenvalue weighted by Crippen LogP contribution is -2.30. The van der Waals surface area contributed by atoms with E-state index in [2.05, 4.69) is 5.32 Å². The largest absolute Gasteiger partial charge is 0.449 e. The van der Waals surface area contributed by atoms with Gasteiger partial charge in [0, 0.05) is 39.0 Å². The van der Waals surface area contributed by atoms with E-state index >= 15 is 0 Å². The smallest absolute Gasteiger partial charge is 0.345 e. The number of ketones is 2. The first-order valence-electron chi connectivity index (χ1n) is 9.95. The van der Waals surface area contributed by atoms with Crippen LogP contribution in [0.5, 0.6) is 0 Å². The third kappa shape index (κ3) is 4.16. The Hall–Kier alpha value is -4.37. The van der Waals surface area contributed by atoms with Crippen LogP contribution >= 0.6 is 11.6 Å². The van der Waals surface area contributed by atoms with Gasteiger partial charge in [-0.25, -0.2) is 4.79 Å². The van der Waals surface area contributed by atoms with Gasteiger partial charge in [-0.15, -0.1) is 0 Å². The molecule has 1 amide bonds. The molecular formula is C24H15ClN2O7. The molecule has 34 heavy (non-hydrogen) atoms. The van der Waals surface area contributed by atoms with Gasteiger partial charge in [-0.1, -0.05) is 35.9 Å². The van der Waals surface area contributed by atoms with Gasteiger partial charge in [0.2, 0.25) is 0 Å². The van der Waals surface area contributed by atoms with E-state index in [4.69, 9.17) is 16.3 Å². The summed E-state index contributed by atoms with van der Waals surface area (Å²) in [6.07, 6.45) is -1.32. The first-order valence-corrected chi connectivity index (χ1v) is 10.3. The fraction of sp³-hybridized carbons (Fsp3) is 0.0833. The van der Waals surface area contributed by atoms with Crippen molar-refractivity contribution in [2.24, 2.45) is 0 Å². The maximum Gasteiger partial charge on any atom is 0.345 e. The van der Waals surface area contributed by atoms with Crippen molar-refractivity contribution in [3.8, 4) is 0 Å². The molecule has 1 aliphatic rings. The number of amides is 1. The van der Waals surface area contributed by atoms with Crippen molar-refractivity contribution in [3.05, 3.63) is 104 Å². The molecule has 0 saturated heterocycles. The van der Waals surface area contributed by atoms with Gasteiger partial charge in [-0.3, -0.25) is 24.5 Å². The number of esters is 1. The number of hydrogen-bond acceptors (Lipinski definition) is 7. The second-order valence-corrected chi connectivity index (χ2v) is 7.86. The van der Waals surface area contributed by atoms with Crippen molar-refractivity contribution in [1.82, 2.24) is 0 Å². The van der Waals surface area contributed by atoms with Crippen molar-refractivity contribution in [3.63, 3.8) is 0 Å². The Labute approximate surface area is 197 Å². The Morgan fingerprint density at radius 2 is 1.56 bits per heavy atom. The number of nitrogens with one attached hydrogen (secondary N) is 1. The molecule has 0 radical (unpaired) electrons. The minimum Gasteiger partial charge on any atom is -0.449 e. The van der Waals surface area contributed by atoms with Gasteiger partial charge in [0.05, 0.1) is 4.92 Å². The topological polar surface area (TPSA) is 133 Å². The van der Waals surface area contributed by atoms with Crippen LogP contribution in [0.15, 0.2) is 60.7 Å². The molecule has 1 unspecified atom stereocenters. The average molecular weight is 479 g/mol. The Bertz CT molecular complexity index is 1400. The van der Waals surface area contributed by atoms with E-state index in [-0.39, 0.29) is 44.5 Å².